The Morgan fingerprint density at radius 3 is 2.21 bits per heavy atom. The van der Waals surface area contributed by atoms with Gasteiger partial charge in [0.05, 0.1) is 0 Å². The molecule has 0 aromatic heterocycles. The van der Waals surface area contributed by atoms with Gasteiger partial charge in [-0.3, -0.25) is 9.59 Å². The fraction of sp³-hybridized carbons (Fsp3) is 0.412. The summed E-state index contributed by atoms with van der Waals surface area (Å²) in [6.07, 6.45) is 4.69. The molecule has 3 aromatic rings. The predicted octanol–water partition coefficient (Wildman–Crippen LogP) is 6.99. The van der Waals surface area contributed by atoms with Crippen molar-refractivity contribution in [3.05, 3.63) is 100 Å². The van der Waals surface area contributed by atoms with Crippen LogP contribution in [0.15, 0.2) is 66.7 Å². The molecule has 0 saturated carbocycles. The molecule has 0 saturated heterocycles. The van der Waals surface area contributed by atoms with Crippen LogP contribution in [0, 0.1) is 0 Å². The van der Waals surface area contributed by atoms with Gasteiger partial charge in [0.25, 0.3) is 5.91 Å². The molecule has 0 fully saturated rings. The number of nitrogens with zero attached hydrogens (tertiary/aromatic N) is 1. The molecule has 1 unspecified atom stereocenters. The first-order valence-corrected chi connectivity index (χ1v) is 14.0. The molecule has 1 atom stereocenters. The highest BCUT2D eigenvalue weighted by molar-refractivity contribution is 5.96. The monoisotopic (exact) mass is 527 g/mol. The second-order valence-corrected chi connectivity index (χ2v) is 12.1. The van der Waals surface area contributed by atoms with Gasteiger partial charge in [0, 0.05) is 18.5 Å². The Morgan fingerprint density at radius 1 is 0.949 bits per heavy atom. The van der Waals surface area contributed by atoms with E-state index in [1.54, 1.807) is 6.07 Å². The van der Waals surface area contributed by atoms with Gasteiger partial charge >= 0.3 is 5.97 Å². The predicted molar refractivity (Wildman–Crippen MR) is 155 cm³/mol. The number of aryl methyl sites for hydroxylation is 2. The van der Waals surface area contributed by atoms with Crippen LogP contribution < -0.4 is 4.74 Å². The zero-order valence-corrected chi connectivity index (χ0v) is 23.9. The summed E-state index contributed by atoms with van der Waals surface area (Å²) in [6.45, 7) is 10.7. The molecular weight excluding hydrogens is 486 g/mol. The molecule has 5 heteroatoms. The second-order valence-electron chi connectivity index (χ2n) is 12.1. The number of fused-ring (bicyclic) bond motifs is 1. The lowest BCUT2D eigenvalue weighted by Crippen LogP contribution is -2.39. The van der Waals surface area contributed by atoms with E-state index in [4.69, 9.17) is 4.74 Å². The lowest BCUT2D eigenvalue weighted by Gasteiger charge is -2.36. The average molecular weight is 528 g/mol. The lowest BCUT2D eigenvalue weighted by molar-refractivity contribution is -0.137. The van der Waals surface area contributed by atoms with Crippen LogP contribution in [0.1, 0.15) is 85.6 Å². The standard InChI is InChI=1S/C34H41NO4/c1-6-7-24-8-10-25(11-9-24)21-34(5)19-18-27-20-28(14-17-30(27)39-34)32(38)35(23-31(36)37)22-26-12-15-29(16-13-26)33(2,3)4/h8-17,20H,6-7,18-19,21-23H2,1-5H3,(H,36,37). The minimum absolute atomic E-state index is 0.0235. The highest BCUT2D eigenvalue weighted by Gasteiger charge is 2.32. The minimum Gasteiger partial charge on any atom is -0.487 e. The Morgan fingerprint density at radius 2 is 1.59 bits per heavy atom. The number of hydrogen-bond donors (Lipinski definition) is 1. The number of benzene rings is 3. The molecule has 206 valence electrons. The van der Waals surface area contributed by atoms with E-state index in [1.807, 2.05) is 36.4 Å². The topological polar surface area (TPSA) is 66.8 Å². The van der Waals surface area contributed by atoms with Gasteiger partial charge in [0.2, 0.25) is 0 Å². The number of carbonyl (C=O) groups is 2. The maximum Gasteiger partial charge on any atom is 0.323 e. The van der Waals surface area contributed by atoms with Crippen LogP contribution in [-0.2, 0) is 36.0 Å². The molecule has 0 radical (unpaired) electrons. The highest BCUT2D eigenvalue weighted by atomic mass is 16.5. The molecule has 1 aliphatic heterocycles. The van der Waals surface area contributed by atoms with E-state index in [0.717, 1.165) is 49.0 Å². The molecule has 1 N–H and O–H groups in total. The van der Waals surface area contributed by atoms with Crippen LogP contribution in [0.3, 0.4) is 0 Å². The third kappa shape index (κ3) is 7.29. The molecule has 0 aliphatic carbocycles. The summed E-state index contributed by atoms with van der Waals surface area (Å²) in [5.74, 6) is -0.527. The Balaban J connectivity index is 1.47. The van der Waals surface area contributed by atoms with E-state index >= 15 is 0 Å². The largest absolute Gasteiger partial charge is 0.487 e. The van der Waals surface area contributed by atoms with Crippen molar-refractivity contribution in [2.45, 2.75) is 84.3 Å². The van der Waals surface area contributed by atoms with Crippen molar-refractivity contribution in [2.75, 3.05) is 6.54 Å². The summed E-state index contributed by atoms with van der Waals surface area (Å²) < 4.78 is 6.48. The zero-order chi connectivity index (χ0) is 28.2. The van der Waals surface area contributed by atoms with Crippen molar-refractivity contribution in [3.63, 3.8) is 0 Å². The summed E-state index contributed by atoms with van der Waals surface area (Å²) in [6, 6.07) is 22.3. The summed E-state index contributed by atoms with van der Waals surface area (Å²) in [5, 5.41) is 9.51. The highest BCUT2D eigenvalue weighted by Crippen LogP contribution is 2.36. The molecule has 0 spiro atoms. The molecular formula is C34H41NO4. The third-order valence-corrected chi connectivity index (χ3v) is 7.53. The van der Waals surface area contributed by atoms with Crippen molar-refractivity contribution in [3.8, 4) is 5.75 Å². The Bertz CT molecular complexity index is 1300. The van der Waals surface area contributed by atoms with E-state index in [9.17, 15) is 14.7 Å². The van der Waals surface area contributed by atoms with E-state index in [1.165, 1.54) is 21.6 Å². The first-order valence-electron chi connectivity index (χ1n) is 14.0. The van der Waals surface area contributed by atoms with Gasteiger partial charge < -0.3 is 14.7 Å². The van der Waals surface area contributed by atoms with Crippen LogP contribution in [0.5, 0.6) is 5.75 Å². The van der Waals surface area contributed by atoms with Crippen molar-refractivity contribution in [1.29, 1.82) is 0 Å². The van der Waals surface area contributed by atoms with Gasteiger partial charge in [-0.25, -0.2) is 0 Å². The van der Waals surface area contributed by atoms with Crippen LogP contribution in [0.2, 0.25) is 0 Å². The minimum atomic E-state index is -1.03. The molecule has 1 heterocycles. The number of amides is 1. The number of ether oxygens (including phenoxy) is 1. The number of aliphatic carboxylic acids is 1. The fourth-order valence-corrected chi connectivity index (χ4v) is 5.27. The number of carbonyl (C=O) groups excluding carboxylic acids is 1. The van der Waals surface area contributed by atoms with Crippen LogP contribution in [-0.4, -0.2) is 34.0 Å². The molecule has 1 amide bonds. The van der Waals surface area contributed by atoms with Crippen molar-refractivity contribution < 1.29 is 19.4 Å². The Kier molecular flexibility index (Phi) is 8.48. The van der Waals surface area contributed by atoms with Gasteiger partial charge in [-0.2, -0.15) is 0 Å². The van der Waals surface area contributed by atoms with Gasteiger partial charge in [0.1, 0.15) is 17.9 Å². The van der Waals surface area contributed by atoms with Crippen molar-refractivity contribution >= 4 is 11.9 Å². The Labute approximate surface area is 232 Å². The van der Waals surface area contributed by atoms with Crippen LogP contribution >= 0.6 is 0 Å². The van der Waals surface area contributed by atoms with Crippen LogP contribution in [0.25, 0.3) is 0 Å². The van der Waals surface area contributed by atoms with Gasteiger partial charge in [-0.15, -0.1) is 0 Å². The third-order valence-electron chi connectivity index (χ3n) is 7.53. The summed E-state index contributed by atoms with van der Waals surface area (Å²) in [5.41, 5.74) is 5.89. The zero-order valence-electron chi connectivity index (χ0n) is 23.9. The van der Waals surface area contributed by atoms with Gasteiger partial charge in [-0.05, 0) is 77.6 Å². The lowest BCUT2D eigenvalue weighted by atomic mass is 9.86. The molecule has 4 rings (SSSR count). The van der Waals surface area contributed by atoms with E-state index < -0.39 is 5.97 Å². The van der Waals surface area contributed by atoms with Crippen molar-refractivity contribution in [2.24, 2.45) is 0 Å². The molecule has 3 aromatic carbocycles. The maximum absolute atomic E-state index is 13.5. The molecule has 0 bridgehead atoms. The first-order chi connectivity index (χ1) is 18.5. The average Bonchev–Trinajstić information content (AvgIpc) is 2.88. The number of carboxylic acids is 1. The van der Waals surface area contributed by atoms with Gasteiger partial charge in [0.15, 0.2) is 0 Å². The van der Waals surface area contributed by atoms with E-state index in [0.29, 0.717) is 5.56 Å². The SMILES string of the molecule is CCCc1ccc(CC2(C)CCc3cc(C(=O)N(CC(=O)O)Cc4ccc(C(C)(C)C)cc4)ccc3O2)cc1. The quantitative estimate of drug-likeness (QED) is 0.326. The number of hydrogen-bond acceptors (Lipinski definition) is 3. The molecule has 1 aliphatic rings. The number of rotatable bonds is 9. The van der Waals surface area contributed by atoms with Gasteiger partial charge in [-0.1, -0.05) is 82.6 Å². The maximum atomic E-state index is 13.5. The molecule has 39 heavy (non-hydrogen) atoms. The normalized spacial score (nSPS) is 16.7. The fourth-order valence-electron chi connectivity index (χ4n) is 5.27. The summed E-state index contributed by atoms with van der Waals surface area (Å²) >= 11 is 0. The smallest absolute Gasteiger partial charge is 0.323 e. The second kappa shape index (κ2) is 11.6. The van der Waals surface area contributed by atoms with Crippen LogP contribution in [0.4, 0.5) is 0 Å². The van der Waals surface area contributed by atoms with Crippen molar-refractivity contribution in [1.82, 2.24) is 4.90 Å². The van der Waals surface area contributed by atoms with E-state index in [-0.39, 0.29) is 30.0 Å². The first kappa shape index (κ1) is 28.4. The number of carboxylic acid groups (broad SMARTS) is 1. The van der Waals surface area contributed by atoms with E-state index in [2.05, 4.69) is 58.9 Å². The summed E-state index contributed by atoms with van der Waals surface area (Å²) in [7, 11) is 0. The molecule has 5 nitrogen and oxygen atoms in total. The Hall–Kier alpha value is -3.60. The summed E-state index contributed by atoms with van der Waals surface area (Å²) in [4.78, 5) is 26.5.